The zero-order valence-corrected chi connectivity index (χ0v) is 14.4. The zero-order valence-electron chi connectivity index (χ0n) is 14.4. The van der Waals surface area contributed by atoms with Crippen LogP contribution in [0.4, 0.5) is 13.2 Å². The first-order chi connectivity index (χ1) is 11.2. The molecule has 1 fully saturated rings. The van der Waals surface area contributed by atoms with Gasteiger partial charge in [-0.2, -0.15) is 18.3 Å². The van der Waals surface area contributed by atoms with Crippen molar-refractivity contribution in [1.29, 1.82) is 0 Å². The molecule has 8 heteroatoms. The van der Waals surface area contributed by atoms with Gasteiger partial charge in [0.2, 0.25) is 0 Å². The van der Waals surface area contributed by atoms with Crippen LogP contribution in [-0.4, -0.2) is 46.8 Å². The maximum Gasteiger partial charge on any atom is 0.433 e. The van der Waals surface area contributed by atoms with Crippen molar-refractivity contribution >= 4 is 5.91 Å². The van der Waals surface area contributed by atoms with E-state index in [0.717, 1.165) is 24.0 Å². The molecule has 0 bridgehead atoms. The predicted molar refractivity (Wildman–Crippen MR) is 84.6 cm³/mol. The lowest BCUT2D eigenvalue weighted by Gasteiger charge is -2.34. The van der Waals surface area contributed by atoms with Crippen LogP contribution in [0.5, 0.6) is 0 Å². The summed E-state index contributed by atoms with van der Waals surface area (Å²) in [6, 6.07) is 0. The van der Waals surface area contributed by atoms with Gasteiger partial charge >= 0.3 is 6.18 Å². The van der Waals surface area contributed by atoms with Gasteiger partial charge in [-0.3, -0.25) is 9.48 Å². The van der Waals surface area contributed by atoms with Crippen molar-refractivity contribution in [2.24, 2.45) is 11.8 Å². The molecule has 1 saturated heterocycles. The largest absolute Gasteiger partial charge is 0.433 e. The van der Waals surface area contributed by atoms with Crippen molar-refractivity contribution in [1.82, 2.24) is 20.0 Å². The van der Waals surface area contributed by atoms with Gasteiger partial charge in [0.25, 0.3) is 5.91 Å². The van der Waals surface area contributed by atoms with Crippen LogP contribution in [0.15, 0.2) is 6.20 Å². The van der Waals surface area contributed by atoms with E-state index < -0.39 is 23.3 Å². The topological polar surface area (TPSA) is 50.2 Å². The van der Waals surface area contributed by atoms with Gasteiger partial charge in [-0.25, -0.2) is 0 Å². The lowest BCUT2D eigenvalue weighted by atomic mass is 9.92. The summed E-state index contributed by atoms with van der Waals surface area (Å²) in [6.45, 7) is 8.89. The molecular weight excluding hydrogens is 321 g/mol. The Morgan fingerprint density at radius 2 is 1.96 bits per heavy atom. The highest BCUT2D eigenvalue weighted by Gasteiger charge is 2.39. The van der Waals surface area contributed by atoms with E-state index in [-0.39, 0.29) is 6.54 Å². The first-order valence-electron chi connectivity index (χ1n) is 8.35. The van der Waals surface area contributed by atoms with E-state index in [1.807, 2.05) is 0 Å². The van der Waals surface area contributed by atoms with E-state index in [2.05, 4.69) is 29.2 Å². The standard InChI is InChI=1S/C16H25F3N4O/c1-4-23-14(16(17,18)19)13(8-21-23)15(24)20-5-6-22-9-11(2)7-12(3)10-22/h8,11-12H,4-7,9-10H2,1-3H3,(H,20,24)/t11-,12-/m1/s1. The summed E-state index contributed by atoms with van der Waals surface area (Å²) in [5, 5.41) is 6.26. The van der Waals surface area contributed by atoms with Crippen molar-refractivity contribution in [3.63, 3.8) is 0 Å². The molecule has 0 saturated carbocycles. The molecule has 1 aliphatic heterocycles. The van der Waals surface area contributed by atoms with Crippen molar-refractivity contribution < 1.29 is 18.0 Å². The van der Waals surface area contributed by atoms with Gasteiger partial charge in [0, 0.05) is 32.7 Å². The second-order valence-electron chi connectivity index (χ2n) is 6.68. The third kappa shape index (κ3) is 4.49. The first-order valence-corrected chi connectivity index (χ1v) is 8.35. The molecule has 0 unspecified atom stereocenters. The summed E-state index contributed by atoms with van der Waals surface area (Å²) >= 11 is 0. The Morgan fingerprint density at radius 1 is 1.33 bits per heavy atom. The zero-order chi connectivity index (χ0) is 17.9. The number of piperidine rings is 1. The van der Waals surface area contributed by atoms with Gasteiger partial charge in [-0.1, -0.05) is 13.8 Å². The lowest BCUT2D eigenvalue weighted by Crippen LogP contribution is -2.43. The lowest BCUT2D eigenvalue weighted by molar-refractivity contribution is -0.144. The molecule has 2 heterocycles. The number of rotatable bonds is 5. The van der Waals surface area contributed by atoms with Crippen LogP contribution >= 0.6 is 0 Å². The average molecular weight is 346 g/mol. The van der Waals surface area contributed by atoms with Gasteiger partial charge in [-0.15, -0.1) is 0 Å². The summed E-state index contributed by atoms with van der Waals surface area (Å²) < 4.78 is 40.2. The van der Waals surface area contributed by atoms with Gasteiger partial charge in [-0.05, 0) is 25.2 Å². The van der Waals surface area contributed by atoms with Crippen LogP contribution in [0.1, 0.15) is 43.2 Å². The fourth-order valence-electron chi connectivity index (χ4n) is 3.49. The predicted octanol–water partition coefficient (Wildman–Crippen LogP) is 2.63. The summed E-state index contributed by atoms with van der Waals surface area (Å²) in [5.74, 6) is 0.480. The number of likely N-dealkylation sites (tertiary alicyclic amines) is 1. The number of nitrogens with one attached hydrogen (secondary N) is 1. The second kappa shape index (κ2) is 7.55. The smallest absolute Gasteiger partial charge is 0.351 e. The summed E-state index contributed by atoms with van der Waals surface area (Å²) in [5.41, 5.74) is -1.40. The number of nitrogens with zero attached hydrogens (tertiary/aromatic N) is 3. The van der Waals surface area contributed by atoms with Crippen LogP contribution in [-0.2, 0) is 12.7 Å². The van der Waals surface area contributed by atoms with Crippen molar-refractivity contribution in [3.8, 4) is 0 Å². The molecule has 1 aliphatic rings. The summed E-state index contributed by atoms with van der Waals surface area (Å²) in [4.78, 5) is 14.4. The third-order valence-electron chi connectivity index (χ3n) is 4.31. The molecule has 136 valence electrons. The Morgan fingerprint density at radius 3 is 2.50 bits per heavy atom. The number of alkyl halides is 3. The Balaban J connectivity index is 1.95. The number of amides is 1. The van der Waals surface area contributed by atoms with Crippen LogP contribution in [0.2, 0.25) is 0 Å². The van der Waals surface area contributed by atoms with E-state index >= 15 is 0 Å². The minimum absolute atomic E-state index is 0.0612. The summed E-state index contributed by atoms with van der Waals surface area (Å²) in [7, 11) is 0. The molecule has 24 heavy (non-hydrogen) atoms. The minimum Gasteiger partial charge on any atom is -0.351 e. The number of carbonyl (C=O) groups excluding carboxylic acids is 1. The van der Waals surface area contributed by atoms with E-state index in [1.165, 1.54) is 6.42 Å². The fourth-order valence-corrected chi connectivity index (χ4v) is 3.49. The molecule has 1 amide bonds. The van der Waals surface area contributed by atoms with Crippen molar-refractivity contribution in [2.75, 3.05) is 26.2 Å². The highest BCUT2D eigenvalue weighted by molar-refractivity contribution is 5.95. The Labute approximate surface area is 140 Å². The molecule has 0 aliphatic carbocycles. The number of hydrogen-bond acceptors (Lipinski definition) is 3. The van der Waals surface area contributed by atoms with Crippen LogP contribution in [0.25, 0.3) is 0 Å². The van der Waals surface area contributed by atoms with Crippen molar-refractivity contribution in [3.05, 3.63) is 17.5 Å². The van der Waals surface area contributed by atoms with Gasteiger partial charge in [0.1, 0.15) is 0 Å². The third-order valence-corrected chi connectivity index (χ3v) is 4.31. The molecule has 0 aromatic carbocycles. The van der Waals surface area contributed by atoms with Crippen LogP contribution in [0.3, 0.4) is 0 Å². The Kier molecular flexibility index (Phi) is 5.90. The second-order valence-corrected chi connectivity index (χ2v) is 6.68. The number of aryl methyl sites for hydroxylation is 1. The highest BCUT2D eigenvalue weighted by Crippen LogP contribution is 2.32. The molecule has 2 atom stereocenters. The van der Waals surface area contributed by atoms with Crippen molar-refractivity contribution in [2.45, 2.75) is 39.9 Å². The number of aromatic nitrogens is 2. The van der Waals surface area contributed by atoms with Crippen LogP contribution in [0, 0.1) is 11.8 Å². The molecular formula is C16H25F3N4O. The maximum atomic E-state index is 13.1. The molecule has 1 aromatic rings. The highest BCUT2D eigenvalue weighted by atomic mass is 19.4. The monoisotopic (exact) mass is 346 g/mol. The number of hydrogen-bond donors (Lipinski definition) is 1. The molecule has 5 nitrogen and oxygen atoms in total. The summed E-state index contributed by atoms with van der Waals surface area (Å²) in [6.07, 6.45) is -2.42. The molecule has 1 N–H and O–H groups in total. The Bertz CT molecular complexity index is 560. The van der Waals surface area contributed by atoms with Gasteiger partial charge in [0.15, 0.2) is 5.69 Å². The molecule has 2 rings (SSSR count). The number of halogens is 3. The molecule has 0 radical (unpaired) electrons. The Hall–Kier alpha value is -1.57. The number of carbonyl (C=O) groups is 1. The minimum atomic E-state index is -4.60. The van der Waals surface area contributed by atoms with E-state index in [4.69, 9.17) is 0 Å². The maximum absolute atomic E-state index is 13.1. The van der Waals surface area contributed by atoms with Gasteiger partial charge in [0.05, 0.1) is 11.8 Å². The van der Waals surface area contributed by atoms with E-state index in [0.29, 0.717) is 24.9 Å². The van der Waals surface area contributed by atoms with Gasteiger partial charge < -0.3 is 10.2 Å². The molecule has 1 aromatic heterocycles. The molecule has 0 spiro atoms. The van der Waals surface area contributed by atoms with Crippen LogP contribution < -0.4 is 5.32 Å². The SMILES string of the molecule is CCn1ncc(C(=O)NCCN2C[C@H](C)C[C@@H](C)C2)c1C(F)(F)F. The quantitative estimate of drug-likeness (QED) is 0.892. The van der Waals surface area contributed by atoms with E-state index in [1.54, 1.807) is 6.92 Å². The van der Waals surface area contributed by atoms with E-state index in [9.17, 15) is 18.0 Å². The first kappa shape index (κ1) is 18.8. The fraction of sp³-hybridized carbons (Fsp3) is 0.750. The normalized spacial score (nSPS) is 22.6. The average Bonchev–Trinajstić information content (AvgIpc) is 2.90.